The minimum Gasteiger partial charge on any atom is -0.487 e. The van der Waals surface area contributed by atoms with E-state index >= 15 is 0 Å². The molecule has 7 heteroatoms. The summed E-state index contributed by atoms with van der Waals surface area (Å²) in [4.78, 5) is 39.2. The summed E-state index contributed by atoms with van der Waals surface area (Å²) in [7, 11) is 0. The predicted octanol–water partition coefficient (Wildman–Crippen LogP) is 5.76. The van der Waals surface area contributed by atoms with Crippen molar-refractivity contribution in [1.29, 1.82) is 0 Å². The highest BCUT2D eigenvalue weighted by atomic mass is 35.5. The van der Waals surface area contributed by atoms with Crippen molar-refractivity contribution in [3.05, 3.63) is 99.1 Å². The fourth-order valence-electron chi connectivity index (χ4n) is 4.11. The molecule has 0 aromatic heterocycles. The monoisotopic (exact) mass is 488 g/mol. The lowest BCUT2D eigenvalue weighted by molar-refractivity contribution is -0.122. The van der Waals surface area contributed by atoms with Crippen LogP contribution in [-0.2, 0) is 22.6 Å². The Labute approximate surface area is 209 Å². The zero-order valence-electron chi connectivity index (χ0n) is 19.7. The summed E-state index contributed by atoms with van der Waals surface area (Å²) in [5.74, 6) is -0.955. The summed E-state index contributed by atoms with van der Waals surface area (Å²) < 4.78 is 5.88. The quantitative estimate of drug-likeness (QED) is 0.353. The van der Waals surface area contributed by atoms with Crippen LogP contribution in [-0.4, -0.2) is 17.8 Å². The molecule has 4 rings (SSSR count). The number of aryl methyl sites for hydroxylation is 3. The largest absolute Gasteiger partial charge is 0.487 e. The number of anilines is 1. The van der Waals surface area contributed by atoms with Crippen molar-refractivity contribution >= 4 is 41.2 Å². The SMILES string of the molecule is CCc1ccccc1N1C(=O)NC(=O)/C(=C/c2ccc(OCc3cc(C)cc(C)c3)c(Cl)c2)C1=O. The summed E-state index contributed by atoms with van der Waals surface area (Å²) in [5, 5.41) is 2.60. The van der Waals surface area contributed by atoms with Gasteiger partial charge in [0, 0.05) is 0 Å². The lowest BCUT2D eigenvalue weighted by Crippen LogP contribution is -2.54. The van der Waals surface area contributed by atoms with E-state index in [4.69, 9.17) is 16.3 Å². The first-order valence-electron chi connectivity index (χ1n) is 11.3. The van der Waals surface area contributed by atoms with Gasteiger partial charge in [-0.25, -0.2) is 9.69 Å². The Morgan fingerprint density at radius 3 is 2.37 bits per heavy atom. The highest BCUT2D eigenvalue weighted by Gasteiger charge is 2.37. The van der Waals surface area contributed by atoms with Gasteiger partial charge in [-0.1, -0.05) is 72.1 Å². The third kappa shape index (κ3) is 5.28. The Bertz CT molecular complexity index is 1340. The first-order valence-corrected chi connectivity index (χ1v) is 11.6. The Morgan fingerprint density at radius 2 is 1.69 bits per heavy atom. The minimum atomic E-state index is -0.772. The second kappa shape index (κ2) is 10.2. The molecule has 4 amide bonds. The molecule has 6 nitrogen and oxygen atoms in total. The number of benzene rings is 3. The Balaban J connectivity index is 1.58. The van der Waals surface area contributed by atoms with E-state index in [9.17, 15) is 14.4 Å². The van der Waals surface area contributed by atoms with Gasteiger partial charge in [-0.2, -0.15) is 0 Å². The highest BCUT2D eigenvalue weighted by Crippen LogP contribution is 2.29. The summed E-state index contributed by atoms with van der Waals surface area (Å²) in [5.41, 5.74) is 4.98. The average Bonchev–Trinajstić information content (AvgIpc) is 2.81. The van der Waals surface area contributed by atoms with Crippen molar-refractivity contribution in [3.8, 4) is 5.75 Å². The lowest BCUT2D eigenvalue weighted by Gasteiger charge is -2.28. The zero-order chi connectivity index (χ0) is 25.1. The van der Waals surface area contributed by atoms with Gasteiger partial charge in [0.25, 0.3) is 11.8 Å². The van der Waals surface area contributed by atoms with Gasteiger partial charge in [-0.05, 0) is 61.2 Å². The molecule has 0 spiro atoms. The number of carbonyl (C=O) groups is 3. The van der Waals surface area contributed by atoms with Gasteiger partial charge in [0.15, 0.2) is 0 Å². The number of nitrogens with one attached hydrogen (secondary N) is 1. The van der Waals surface area contributed by atoms with Crippen molar-refractivity contribution in [2.45, 2.75) is 33.8 Å². The summed E-state index contributed by atoms with van der Waals surface area (Å²) >= 11 is 6.43. The van der Waals surface area contributed by atoms with Crippen LogP contribution in [0.5, 0.6) is 5.75 Å². The molecule has 0 saturated carbocycles. The number of hydrogen-bond acceptors (Lipinski definition) is 4. The molecule has 35 heavy (non-hydrogen) atoms. The molecule has 1 fully saturated rings. The van der Waals surface area contributed by atoms with Crippen LogP contribution < -0.4 is 15.0 Å². The van der Waals surface area contributed by atoms with Crippen LogP contribution in [0.1, 0.15) is 34.7 Å². The predicted molar refractivity (Wildman–Crippen MR) is 137 cm³/mol. The molecule has 3 aromatic carbocycles. The number of nitrogens with zero attached hydrogens (tertiary/aromatic N) is 1. The Kier molecular flexibility index (Phi) is 7.03. The molecular weight excluding hydrogens is 464 g/mol. The standard InChI is InChI=1S/C28H25ClN2O4/c1-4-21-7-5-6-8-24(21)31-27(33)22(26(32)30-28(31)34)14-19-9-10-25(23(29)15-19)35-16-20-12-17(2)11-18(3)13-20/h5-15H,4,16H2,1-3H3,(H,30,32,34)/b22-14-. The van der Waals surface area contributed by atoms with Crippen molar-refractivity contribution < 1.29 is 19.1 Å². The molecule has 1 saturated heterocycles. The van der Waals surface area contributed by atoms with Crippen LogP contribution in [0.25, 0.3) is 6.08 Å². The number of para-hydroxylation sites is 1. The van der Waals surface area contributed by atoms with Gasteiger partial charge in [-0.3, -0.25) is 14.9 Å². The van der Waals surface area contributed by atoms with Crippen LogP contribution in [0.2, 0.25) is 5.02 Å². The lowest BCUT2D eigenvalue weighted by atomic mass is 10.0. The second-order valence-corrected chi connectivity index (χ2v) is 8.82. The number of carbonyl (C=O) groups excluding carboxylic acids is 3. The zero-order valence-corrected chi connectivity index (χ0v) is 20.5. The summed E-state index contributed by atoms with van der Waals surface area (Å²) in [6.45, 7) is 6.35. The number of hydrogen-bond donors (Lipinski definition) is 1. The van der Waals surface area contributed by atoms with E-state index < -0.39 is 17.8 Å². The van der Waals surface area contributed by atoms with Crippen LogP contribution >= 0.6 is 11.6 Å². The molecule has 0 unspecified atom stereocenters. The highest BCUT2D eigenvalue weighted by molar-refractivity contribution is 6.39. The van der Waals surface area contributed by atoms with Gasteiger partial charge in [-0.15, -0.1) is 0 Å². The topological polar surface area (TPSA) is 75.7 Å². The second-order valence-electron chi connectivity index (χ2n) is 8.41. The average molecular weight is 489 g/mol. The van der Waals surface area contributed by atoms with Crippen molar-refractivity contribution in [3.63, 3.8) is 0 Å². The van der Waals surface area contributed by atoms with E-state index in [2.05, 4.69) is 23.5 Å². The maximum atomic E-state index is 13.2. The van der Waals surface area contributed by atoms with Crippen LogP contribution in [0.3, 0.4) is 0 Å². The van der Waals surface area contributed by atoms with Crippen LogP contribution in [0.4, 0.5) is 10.5 Å². The van der Waals surface area contributed by atoms with Crippen LogP contribution in [0.15, 0.2) is 66.2 Å². The molecule has 1 aliphatic rings. The summed E-state index contributed by atoms with van der Waals surface area (Å²) in [6.07, 6.45) is 2.05. The van der Waals surface area contributed by atoms with Crippen molar-refractivity contribution in [2.75, 3.05) is 4.90 Å². The molecule has 178 valence electrons. The molecule has 0 radical (unpaired) electrons. The fourth-order valence-corrected chi connectivity index (χ4v) is 4.35. The number of ether oxygens (including phenoxy) is 1. The summed E-state index contributed by atoms with van der Waals surface area (Å²) in [6, 6.07) is 17.5. The van der Waals surface area contributed by atoms with E-state index in [1.165, 1.54) is 6.08 Å². The van der Waals surface area contributed by atoms with Gasteiger partial charge in [0.2, 0.25) is 0 Å². The number of amides is 4. The molecular formula is C28H25ClN2O4. The van der Waals surface area contributed by atoms with E-state index in [1.54, 1.807) is 30.3 Å². The van der Waals surface area contributed by atoms with Gasteiger partial charge >= 0.3 is 6.03 Å². The van der Waals surface area contributed by atoms with Crippen molar-refractivity contribution in [1.82, 2.24) is 5.32 Å². The van der Waals surface area contributed by atoms with E-state index in [0.29, 0.717) is 35.1 Å². The molecule has 0 bridgehead atoms. The van der Waals surface area contributed by atoms with Gasteiger partial charge in [0.1, 0.15) is 17.9 Å². The molecule has 1 aliphatic heterocycles. The molecule has 1 heterocycles. The molecule has 3 aromatic rings. The Morgan fingerprint density at radius 1 is 0.971 bits per heavy atom. The third-order valence-corrected chi connectivity index (χ3v) is 5.95. The van der Waals surface area contributed by atoms with E-state index in [0.717, 1.165) is 27.2 Å². The first kappa shape index (κ1) is 24.2. The Hall–Kier alpha value is -3.90. The normalized spacial score (nSPS) is 14.9. The minimum absolute atomic E-state index is 0.157. The van der Waals surface area contributed by atoms with E-state index in [-0.39, 0.29) is 5.57 Å². The van der Waals surface area contributed by atoms with Gasteiger partial charge < -0.3 is 4.74 Å². The van der Waals surface area contributed by atoms with Gasteiger partial charge in [0.05, 0.1) is 10.7 Å². The van der Waals surface area contributed by atoms with Crippen molar-refractivity contribution in [2.24, 2.45) is 0 Å². The number of urea groups is 1. The number of halogens is 1. The molecule has 0 aliphatic carbocycles. The maximum absolute atomic E-state index is 13.2. The fraction of sp³-hybridized carbons (Fsp3) is 0.179. The molecule has 0 atom stereocenters. The third-order valence-electron chi connectivity index (χ3n) is 5.66. The number of barbiturate groups is 1. The van der Waals surface area contributed by atoms with E-state index in [1.807, 2.05) is 32.9 Å². The first-order chi connectivity index (χ1) is 16.8. The number of rotatable bonds is 6. The smallest absolute Gasteiger partial charge is 0.335 e. The maximum Gasteiger partial charge on any atom is 0.335 e. The van der Waals surface area contributed by atoms with Crippen LogP contribution in [0, 0.1) is 13.8 Å². The number of imide groups is 2. The molecule has 1 N–H and O–H groups in total.